The average Bonchev–Trinajstić information content (AvgIpc) is 2.84. The number of fused-ring (bicyclic) bond motifs is 1. The van der Waals surface area contributed by atoms with E-state index in [9.17, 15) is 14.4 Å². The van der Waals surface area contributed by atoms with Gasteiger partial charge in [-0.25, -0.2) is 0 Å². The van der Waals surface area contributed by atoms with Crippen molar-refractivity contribution >= 4 is 17.7 Å². The highest BCUT2D eigenvalue weighted by Crippen LogP contribution is 2.21. The maximum Gasteiger partial charge on any atom is 0.247 e. The number of amides is 3. The molecule has 8 nitrogen and oxygen atoms in total. The Labute approximate surface area is 165 Å². The Morgan fingerprint density at radius 1 is 1.25 bits per heavy atom. The van der Waals surface area contributed by atoms with E-state index in [1.807, 2.05) is 27.7 Å². The molecule has 2 fully saturated rings. The minimum atomic E-state index is -0.564. The summed E-state index contributed by atoms with van der Waals surface area (Å²) in [5.74, 6) is 0.976. The van der Waals surface area contributed by atoms with Crippen LogP contribution in [0.15, 0.2) is 4.52 Å². The lowest BCUT2D eigenvalue weighted by Crippen LogP contribution is -2.62. The highest BCUT2D eigenvalue weighted by atomic mass is 16.5. The van der Waals surface area contributed by atoms with Crippen LogP contribution in [0.3, 0.4) is 0 Å². The summed E-state index contributed by atoms with van der Waals surface area (Å²) in [7, 11) is 0. The van der Waals surface area contributed by atoms with Crippen molar-refractivity contribution in [2.24, 2.45) is 5.92 Å². The predicted octanol–water partition coefficient (Wildman–Crippen LogP) is 1.15. The molecule has 3 heterocycles. The number of hydrogen-bond acceptors (Lipinski definition) is 5. The summed E-state index contributed by atoms with van der Waals surface area (Å²) >= 11 is 0. The molecule has 0 spiro atoms. The van der Waals surface area contributed by atoms with E-state index < -0.39 is 6.04 Å². The zero-order chi connectivity index (χ0) is 20.4. The molecule has 2 saturated heterocycles. The van der Waals surface area contributed by atoms with Crippen LogP contribution in [0.1, 0.15) is 43.7 Å². The van der Waals surface area contributed by atoms with Crippen LogP contribution in [0.2, 0.25) is 0 Å². The van der Waals surface area contributed by atoms with E-state index in [0.717, 1.165) is 17.0 Å². The first kappa shape index (κ1) is 20.4. The van der Waals surface area contributed by atoms with Crippen molar-refractivity contribution in [3.05, 3.63) is 17.0 Å². The smallest absolute Gasteiger partial charge is 0.247 e. The van der Waals surface area contributed by atoms with E-state index in [4.69, 9.17) is 4.52 Å². The van der Waals surface area contributed by atoms with Crippen molar-refractivity contribution in [3.8, 4) is 0 Å². The Balaban J connectivity index is 1.68. The fourth-order valence-corrected chi connectivity index (χ4v) is 4.11. The molecule has 1 aromatic heterocycles. The van der Waals surface area contributed by atoms with E-state index in [-0.39, 0.29) is 30.8 Å². The molecule has 1 aromatic rings. The molecule has 1 unspecified atom stereocenters. The summed E-state index contributed by atoms with van der Waals surface area (Å²) in [6, 6.07) is -0.564. The van der Waals surface area contributed by atoms with Crippen molar-refractivity contribution in [2.75, 3.05) is 32.7 Å². The molecule has 0 saturated carbocycles. The monoisotopic (exact) mass is 390 g/mol. The molecular weight excluding hydrogens is 360 g/mol. The molecule has 2 aliphatic heterocycles. The van der Waals surface area contributed by atoms with Crippen LogP contribution in [0.25, 0.3) is 0 Å². The summed E-state index contributed by atoms with van der Waals surface area (Å²) in [4.78, 5) is 43.4. The van der Waals surface area contributed by atoms with Crippen LogP contribution in [0.5, 0.6) is 0 Å². The van der Waals surface area contributed by atoms with Gasteiger partial charge in [0.15, 0.2) is 0 Å². The van der Waals surface area contributed by atoms with Crippen molar-refractivity contribution in [2.45, 2.75) is 53.0 Å². The van der Waals surface area contributed by atoms with E-state index in [0.29, 0.717) is 44.8 Å². The second-order valence-electron chi connectivity index (χ2n) is 8.21. The Morgan fingerprint density at radius 3 is 2.64 bits per heavy atom. The third kappa shape index (κ3) is 4.20. The summed E-state index contributed by atoms with van der Waals surface area (Å²) in [6.45, 7) is 9.86. The average molecular weight is 390 g/mol. The lowest BCUT2D eigenvalue weighted by atomic mass is 10.1. The number of hydrogen-bond donors (Lipinski definition) is 0. The Bertz CT molecular complexity index is 738. The van der Waals surface area contributed by atoms with Crippen molar-refractivity contribution in [1.82, 2.24) is 19.9 Å². The SMILES string of the molecule is Cc1noc(C)c1CCC(=O)N1CCCN2C(=O)CN(CC(C)C)C(=O)C2C1. The molecule has 8 heteroatoms. The van der Waals surface area contributed by atoms with Gasteiger partial charge in [-0.3, -0.25) is 14.4 Å². The van der Waals surface area contributed by atoms with Gasteiger partial charge in [0.1, 0.15) is 11.8 Å². The Morgan fingerprint density at radius 2 is 2.00 bits per heavy atom. The lowest BCUT2D eigenvalue weighted by Gasteiger charge is -2.40. The molecule has 0 radical (unpaired) electrons. The number of carbonyl (C=O) groups is 3. The van der Waals surface area contributed by atoms with Gasteiger partial charge in [0.2, 0.25) is 17.7 Å². The fraction of sp³-hybridized carbons (Fsp3) is 0.700. The molecule has 0 aliphatic carbocycles. The van der Waals surface area contributed by atoms with Gasteiger partial charge in [0.25, 0.3) is 0 Å². The van der Waals surface area contributed by atoms with Gasteiger partial charge >= 0.3 is 0 Å². The van der Waals surface area contributed by atoms with Gasteiger partial charge in [0.05, 0.1) is 18.8 Å². The summed E-state index contributed by atoms with van der Waals surface area (Å²) < 4.78 is 5.16. The molecule has 1 atom stereocenters. The molecular formula is C20H30N4O4. The normalized spacial score (nSPS) is 20.6. The standard InChI is InChI=1S/C20H30N4O4/c1-13(2)10-23-12-19(26)24-9-5-8-22(11-17(24)20(23)27)18(25)7-6-16-14(3)21-28-15(16)4/h13,17H,5-12H2,1-4H3. The van der Waals surface area contributed by atoms with E-state index in [1.165, 1.54) is 0 Å². The summed E-state index contributed by atoms with van der Waals surface area (Å²) in [5.41, 5.74) is 1.78. The molecule has 28 heavy (non-hydrogen) atoms. The third-order valence-corrected chi connectivity index (χ3v) is 5.55. The largest absolute Gasteiger partial charge is 0.361 e. The number of piperazine rings is 1. The molecule has 0 aromatic carbocycles. The van der Waals surface area contributed by atoms with Crippen LogP contribution in [-0.4, -0.2) is 76.3 Å². The van der Waals surface area contributed by atoms with E-state index >= 15 is 0 Å². The van der Waals surface area contributed by atoms with Crippen molar-refractivity contribution < 1.29 is 18.9 Å². The molecule has 0 bridgehead atoms. The quantitative estimate of drug-likeness (QED) is 0.753. The van der Waals surface area contributed by atoms with Crippen LogP contribution < -0.4 is 0 Å². The van der Waals surface area contributed by atoms with Gasteiger partial charge < -0.3 is 19.2 Å². The van der Waals surface area contributed by atoms with Crippen LogP contribution >= 0.6 is 0 Å². The topological polar surface area (TPSA) is 87.0 Å². The molecule has 0 N–H and O–H groups in total. The lowest BCUT2D eigenvalue weighted by molar-refractivity contribution is -0.156. The number of nitrogens with zero attached hydrogens (tertiary/aromatic N) is 4. The molecule has 3 amide bonds. The number of carbonyl (C=O) groups excluding carboxylic acids is 3. The number of aromatic nitrogens is 1. The minimum absolute atomic E-state index is 0.00285. The van der Waals surface area contributed by atoms with Crippen molar-refractivity contribution in [1.29, 1.82) is 0 Å². The fourth-order valence-electron chi connectivity index (χ4n) is 4.11. The first-order chi connectivity index (χ1) is 13.3. The zero-order valence-electron chi connectivity index (χ0n) is 17.2. The first-order valence-electron chi connectivity index (χ1n) is 10.1. The van der Waals surface area contributed by atoms with Crippen LogP contribution in [0.4, 0.5) is 0 Å². The number of rotatable bonds is 5. The predicted molar refractivity (Wildman–Crippen MR) is 102 cm³/mol. The Kier molecular flexibility index (Phi) is 6.05. The number of aryl methyl sites for hydroxylation is 2. The second kappa shape index (κ2) is 8.32. The highest BCUT2D eigenvalue weighted by Gasteiger charge is 2.42. The maximum absolute atomic E-state index is 13.0. The third-order valence-electron chi connectivity index (χ3n) is 5.55. The molecule has 154 valence electrons. The maximum atomic E-state index is 13.0. The summed E-state index contributed by atoms with van der Waals surface area (Å²) in [5, 5.41) is 3.93. The van der Waals surface area contributed by atoms with Gasteiger partial charge in [0, 0.05) is 31.6 Å². The second-order valence-corrected chi connectivity index (χ2v) is 8.21. The Hall–Kier alpha value is -2.38. The first-order valence-corrected chi connectivity index (χ1v) is 10.1. The highest BCUT2D eigenvalue weighted by molar-refractivity contribution is 5.95. The van der Waals surface area contributed by atoms with Crippen molar-refractivity contribution in [3.63, 3.8) is 0 Å². The van der Waals surface area contributed by atoms with Crippen LogP contribution in [-0.2, 0) is 20.8 Å². The molecule has 2 aliphatic rings. The van der Waals surface area contributed by atoms with Crippen LogP contribution in [0, 0.1) is 19.8 Å². The summed E-state index contributed by atoms with van der Waals surface area (Å²) in [6.07, 6.45) is 1.60. The molecule has 3 rings (SSSR count). The van der Waals surface area contributed by atoms with Gasteiger partial charge in [-0.05, 0) is 32.6 Å². The van der Waals surface area contributed by atoms with E-state index in [2.05, 4.69) is 5.16 Å². The van der Waals surface area contributed by atoms with Gasteiger partial charge in [-0.2, -0.15) is 0 Å². The van der Waals surface area contributed by atoms with E-state index in [1.54, 1.807) is 14.7 Å². The zero-order valence-corrected chi connectivity index (χ0v) is 17.2. The van der Waals surface area contributed by atoms with Gasteiger partial charge in [-0.15, -0.1) is 0 Å². The minimum Gasteiger partial charge on any atom is -0.361 e. The van der Waals surface area contributed by atoms with Gasteiger partial charge in [-0.1, -0.05) is 19.0 Å².